The van der Waals surface area contributed by atoms with Gasteiger partial charge in [-0.3, -0.25) is 0 Å². The Morgan fingerprint density at radius 2 is 1.78 bits per heavy atom. The predicted molar refractivity (Wildman–Crippen MR) is 68.2 cm³/mol. The molecule has 0 heterocycles. The Kier molecular flexibility index (Phi) is 3.78. The number of fused-ring (bicyclic) bond motifs is 1. The zero-order chi connectivity index (χ0) is 13.2. The lowest BCUT2D eigenvalue weighted by molar-refractivity contribution is 0.00277. The van der Waals surface area contributed by atoms with E-state index in [1.807, 2.05) is 12.1 Å². The average molecular weight is 252 g/mol. The Balaban J connectivity index is 2.40. The standard InChI is InChI=1S/C14H20O4/c1-17-12-3-4-13(18-2)11-9-14(16,7-8-15)6-5-10(11)12/h3-4,15-16H,5-9H2,1-2H3. The normalized spacial score (nSPS) is 22.4. The molecule has 1 aromatic carbocycles. The lowest BCUT2D eigenvalue weighted by Gasteiger charge is -2.34. The first-order chi connectivity index (χ1) is 8.63. The van der Waals surface area contributed by atoms with Crippen LogP contribution in [0.4, 0.5) is 0 Å². The minimum Gasteiger partial charge on any atom is -0.496 e. The van der Waals surface area contributed by atoms with Crippen molar-refractivity contribution in [2.45, 2.75) is 31.3 Å². The summed E-state index contributed by atoms with van der Waals surface area (Å²) in [6.07, 6.45) is 2.28. The molecule has 0 fully saturated rings. The Morgan fingerprint density at radius 1 is 1.17 bits per heavy atom. The largest absolute Gasteiger partial charge is 0.496 e. The van der Waals surface area contributed by atoms with Crippen LogP contribution in [0.5, 0.6) is 11.5 Å². The van der Waals surface area contributed by atoms with Crippen LogP contribution in [0.25, 0.3) is 0 Å². The number of aliphatic hydroxyl groups excluding tert-OH is 1. The highest BCUT2D eigenvalue weighted by Gasteiger charge is 2.34. The highest BCUT2D eigenvalue weighted by molar-refractivity contribution is 5.51. The van der Waals surface area contributed by atoms with Crippen LogP contribution < -0.4 is 9.47 Å². The van der Waals surface area contributed by atoms with Crippen molar-refractivity contribution in [2.24, 2.45) is 0 Å². The minimum absolute atomic E-state index is 0.00187. The Hall–Kier alpha value is -1.26. The number of hydrogen-bond donors (Lipinski definition) is 2. The van der Waals surface area contributed by atoms with E-state index in [0.29, 0.717) is 19.3 Å². The number of methoxy groups -OCH3 is 2. The van der Waals surface area contributed by atoms with E-state index >= 15 is 0 Å². The van der Waals surface area contributed by atoms with E-state index in [1.54, 1.807) is 14.2 Å². The second kappa shape index (κ2) is 5.16. The maximum absolute atomic E-state index is 10.4. The molecule has 18 heavy (non-hydrogen) atoms. The maximum Gasteiger partial charge on any atom is 0.122 e. The zero-order valence-corrected chi connectivity index (χ0v) is 10.9. The van der Waals surface area contributed by atoms with E-state index in [9.17, 15) is 5.11 Å². The molecule has 1 aliphatic carbocycles. The molecule has 4 heteroatoms. The summed E-state index contributed by atoms with van der Waals surface area (Å²) in [5.74, 6) is 1.62. The van der Waals surface area contributed by atoms with Crippen LogP contribution in [-0.4, -0.2) is 36.6 Å². The van der Waals surface area contributed by atoms with Gasteiger partial charge in [0.2, 0.25) is 0 Å². The van der Waals surface area contributed by atoms with E-state index in [-0.39, 0.29) is 6.61 Å². The van der Waals surface area contributed by atoms with Crippen molar-refractivity contribution in [3.05, 3.63) is 23.3 Å². The smallest absolute Gasteiger partial charge is 0.122 e. The van der Waals surface area contributed by atoms with Gasteiger partial charge in [0.15, 0.2) is 0 Å². The van der Waals surface area contributed by atoms with Gasteiger partial charge in [-0.2, -0.15) is 0 Å². The van der Waals surface area contributed by atoms with Gasteiger partial charge in [-0.05, 0) is 31.4 Å². The molecule has 4 nitrogen and oxygen atoms in total. The van der Waals surface area contributed by atoms with Crippen molar-refractivity contribution in [1.82, 2.24) is 0 Å². The molecule has 0 amide bonds. The van der Waals surface area contributed by atoms with Crippen LogP contribution in [-0.2, 0) is 12.8 Å². The molecule has 1 unspecified atom stereocenters. The third-order valence-corrected chi connectivity index (χ3v) is 3.71. The summed E-state index contributed by atoms with van der Waals surface area (Å²) >= 11 is 0. The van der Waals surface area contributed by atoms with Gasteiger partial charge in [-0.1, -0.05) is 0 Å². The van der Waals surface area contributed by atoms with Crippen molar-refractivity contribution in [3.63, 3.8) is 0 Å². The number of aliphatic hydroxyl groups is 2. The van der Waals surface area contributed by atoms with Gasteiger partial charge in [0, 0.05) is 24.2 Å². The molecule has 1 atom stereocenters. The fourth-order valence-electron chi connectivity index (χ4n) is 2.70. The molecular formula is C14H20O4. The third-order valence-electron chi connectivity index (χ3n) is 3.71. The van der Waals surface area contributed by atoms with Crippen LogP contribution in [0.3, 0.4) is 0 Å². The monoisotopic (exact) mass is 252 g/mol. The van der Waals surface area contributed by atoms with Gasteiger partial charge in [-0.25, -0.2) is 0 Å². The number of hydrogen-bond acceptors (Lipinski definition) is 4. The van der Waals surface area contributed by atoms with E-state index in [2.05, 4.69) is 0 Å². The molecular weight excluding hydrogens is 232 g/mol. The van der Waals surface area contributed by atoms with Crippen molar-refractivity contribution in [3.8, 4) is 11.5 Å². The lowest BCUT2D eigenvalue weighted by atomic mass is 9.78. The van der Waals surface area contributed by atoms with E-state index in [0.717, 1.165) is 29.0 Å². The fourth-order valence-corrected chi connectivity index (χ4v) is 2.70. The van der Waals surface area contributed by atoms with Crippen LogP contribution in [0, 0.1) is 0 Å². The van der Waals surface area contributed by atoms with Gasteiger partial charge in [0.05, 0.1) is 19.8 Å². The van der Waals surface area contributed by atoms with Crippen LogP contribution in [0.1, 0.15) is 24.0 Å². The summed E-state index contributed by atoms with van der Waals surface area (Å²) in [5.41, 5.74) is 1.28. The van der Waals surface area contributed by atoms with Crippen LogP contribution in [0.2, 0.25) is 0 Å². The predicted octanol–water partition coefficient (Wildman–Crippen LogP) is 1.31. The first-order valence-corrected chi connectivity index (χ1v) is 6.19. The number of rotatable bonds is 4. The second-order valence-electron chi connectivity index (χ2n) is 4.80. The zero-order valence-electron chi connectivity index (χ0n) is 10.9. The van der Waals surface area contributed by atoms with Crippen LogP contribution in [0.15, 0.2) is 12.1 Å². The van der Waals surface area contributed by atoms with E-state index in [4.69, 9.17) is 14.6 Å². The topological polar surface area (TPSA) is 58.9 Å². The Bertz CT molecular complexity index is 430. The minimum atomic E-state index is -0.832. The molecule has 1 aromatic rings. The van der Waals surface area contributed by atoms with Gasteiger partial charge >= 0.3 is 0 Å². The molecule has 0 aliphatic heterocycles. The molecule has 0 saturated carbocycles. The summed E-state index contributed by atoms with van der Waals surface area (Å²) in [6.45, 7) is -0.00187. The maximum atomic E-state index is 10.4. The second-order valence-corrected chi connectivity index (χ2v) is 4.80. The highest BCUT2D eigenvalue weighted by atomic mass is 16.5. The molecule has 0 radical (unpaired) electrons. The van der Waals surface area contributed by atoms with Crippen LogP contribution >= 0.6 is 0 Å². The summed E-state index contributed by atoms with van der Waals surface area (Å²) in [5, 5.41) is 19.5. The molecule has 100 valence electrons. The molecule has 0 bridgehead atoms. The molecule has 2 N–H and O–H groups in total. The number of ether oxygens (including phenoxy) is 2. The van der Waals surface area contributed by atoms with Gasteiger partial charge in [-0.15, -0.1) is 0 Å². The molecule has 0 saturated heterocycles. The van der Waals surface area contributed by atoms with E-state index < -0.39 is 5.60 Å². The molecule has 1 aliphatic rings. The van der Waals surface area contributed by atoms with Crippen molar-refractivity contribution in [2.75, 3.05) is 20.8 Å². The fraction of sp³-hybridized carbons (Fsp3) is 0.571. The summed E-state index contributed by atoms with van der Waals surface area (Å²) in [4.78, 5) is 0. The van der Waals surface area contributed by atoms with Gasteiger partial charge in [0.25, 0.3) is 0 Å². The lowest BCUT2D eigenvalue weighted by Crippen LogP contribution is -2.37. The van der Waals surface area contributed by atoms with Gasteiger partial charge < -0.3 is 19.7 Å². The Morgan fingerprint density at radius 3 is 2.33 bits per heavy atom. The quantitative estimate of drug-likeness (QED) is 0.848. The summed E-state index contributed by atoms with van der Waals surface area (Å²) < 4.78 is 10.7. The Labute approximate surface area is 107 Å². The first kappa shape index (κ1) is 13.2. The van der Waals surface area contributed by atoms with Crippen molar-refractivity contribution < 1.29 is 19.7 Å². The average Bonchev–Trinajstić information content (AvgIpc) is 2.37. The summed E-state index contributed by atoms with van der Waals surface area (Å²) in [6, 6.07) is 3.76. The molecule has 2 rings (SSSR count). The van der Waals surface area contributed by atoms with E-state index in [1.165, 1.54) is 0 Å². The molecule has 0 aromatic heterocycles. The highest BCUT2D eigenvalue weighted by Crippen LogP contribution is 2.40. The summed E-state index contributed by atoms with van der Waals surface area (Å²) in [7, 11) is 3.28. The number of benzene rings is 1. The van der Waals surface area contributed by atoms with Gasteiger partial charge in [0.1, 0.15) is 11.5 Å². The molecule has 0 spiro atoms. The first-order valence-electron chi connectivity index (χ1n) is 6.19. The third kappa shape index (κ3) is 2.31. The van der Waals surface area contributed by atoms with Crippen molar-refractivity contribution in [1.29, 1.82) is 0 Å². The van der Waals surface area contributed by atoms with Crippen molar-refractivity contribution >= 4 is 0 Å². The SMILES string of the molecule is COc1ccc(OC)c2c1CCC(O)(CCO)C2.